The van der Waals surface area contributed by atoms with Crippen molar-refractivity contribution in [2.75, 3.05) is 0 Å². The summed E-state index contributed by atoms with van der Waals surface area (Å²) in [6.45, 7) is 12.0. The molecule has 0 spiro atoms. The fraction of sp³-hybridized carbons (Fsp3) is 0.909. The van der Waals surface area contributed by atoms with E-state index in [1.54, 1.807) is 0 Å². The van der Waals surface area contributed by atoms with E-state index in [1.807, 2.05) is 0 Å². The van der Waals surface area contributed by atoms with Gasteiger partial charge in [0.25, 0.3) is 0 Å². The molecule has 4 aliphatic rings. The number of allylic oxidation sites excluding steroid dienone is 1. The molecule has 0 amide bonds. The van der Waals surface area contributed by atoms with Crippen LogP contribution in [0, 0.1) is 39.4 Å². The van der Waals surface area contributed by atoms with Crippen LogP contribution in [-0.4, -0.2) is 22.4 Å². The molecule has 0 heterocycles. The molecule has 4 aliphatic carbocycles. The van der Waals surface area contributed by atoms with Gasteiger partial charge in [-0.25, -0.2) is 0 Å². The average Bonchev–Trinajstić information content (AvgIpc) is 2.81. The quantitative estimate of drug-likeness (QED) is 0.639. The Morgan fingerprint density at radius 2 is 1.50 bits per heavy atom. The van der Waals surface area contributed by atoms with E-state index in [0.717, 1.165) is 12.8 Å². The maximum absolute atomic E-state index is 10.9. The largest absolute Gasteiger partial charge is 0.393 e. The third-order valence-electron chi connectivity index (χ3n) is 9.93. The zero-order valence-corrected chi connectivity index (χ0v) is 16.2. The Bertz CT molecular complexity index is 566. The zero-order valence-electron chi connectivity index (χ0n) is 16.2. The van der Waals surface area contributed by atoms with Gasteiger partial charge in [-0.1, -0.05) is 46.8 Å². The van der Waals surface area contributed by atoms with E-state index >= 15 is 0 Å². The maximum Gasteiger partial charge on any atom is 0.0785 e. The second kappa shape index (κ2) is 4.88. The zero-order chi connectivity index (χ0) is 17.5. The van der Waals surface area contributed by atoms with Gasteiger partial charge in [0.1, 0.15) is 0 Å². The first-order valence-corrected chi connectivity index (χ1v) is 10.1. The Balaban J connectivity index is 1.78. The minimum absolute atomic E-state index is 0.00982. The second-order valence-corrected chi connectivity index (χ2v) is 10.7. The number of hydrogen-bond donors (Lipinski definition) is 2. The molecule has 2 nitrogen and oxygen atoms in total. The third-order valence-corrected chi connectivity index (χ3v) is 9.93. The van der Waals surface area contributed by atoms with E-state index in [2.05, 4.69) is 46.8 Å². The molecule has 3 saturated carbocycles. The van der Waals surface area contributed by atoms with Gasteiger partial charge >= 0.3 is 0 Å². The maximum atomic E-state index is 10.9. The Morgan fingerprint density at radius 3 is 2.21 bits per heavy atom. The highest BCUT2D eigenvalue weighted by molar-refractivity contribution is 5.24. The van der Waals surface area contributed by atoms with Gasteiger partial charge in [-0.05, 0) is 72.5 Å². The van der Waals surface area contributed by atoms with Gasteiger partial charge in [0, 0.05) is 5.41 Å². The highest BCUT2D eigenvalue weighted by Crippen LogP contribution is 2.73. The molecule has 0 unspecified atom stereocenters. The minimum atomic E-state index is -0.294. The van der Waals surface area contributed by atoms with E-state index in [1.165, 1.54) is 25.7 Å². The van der Waals surface area contributed by atoms with E-state index in [-0.39, 0.29) is 28.5 Å². The average molecular weight is 333 g/mol. The third kappa shape index (κ3) is 1.75. The van der Waals surface area contributed by atoms with E-state index in [4.69, 9.17) is 0 Å². The molecule has 0 saturated heterocycles. The van der Waals surface area contributed by atoms with Crippen molar-refractivity contribution in [1.29, 1.82) is 0 Å². The number of rotatable bonds is 0. The van der Waals surface area contributed by atoms with Gasteiger partial charge in [-0.15, -0.1) is 0 Å². The predicted molar refractivity (Wildman–Crippen MR) is 97.4 cm³/mol. The van der Waals surface area contributed by atoms with Crippen LogP contribution in [0.25, 0.3) is 0 Å². The van der Waals surface area contributed by atoms with Gasteiger partial charge in [-0.2, -0.15) is 0 Å². The van der Waals surface area contributed by atoms with Crippen molar-refractivity contribution in [1.82, 2.24) is 0 Å². The molecule has 4 rings (SSSR count). The summed E-state index contributed by atoms with van der Waals surface area (Å²) in [4.78, 5) is 0. The van der Waals surface area contributed by atoms with Crippen LogP contribution in [0.15, 0.2) is 12.2 Å². The smallest absolute Gasteiger partial charge is 0.0785 e. The van der Waals surface area contributed by atoms with Crippen molar-refractivity contribution in [3.05, 3.63) is 12.2 Å². The fourth-order valence-corrected chi connectivity index (χ4v) is 8.20. The summed E-state index contributed by atoms with van der Waals surface area (Å²) in [5.41, 5.74) is 0.497. The van der Waals surface area contributed by atoms with Gasteiger partial charge in [-0.3, -0.25) is 0 Å². The summed E-state index contributed by atoms with van der Waals surface area (Å²) < 4.78 is 0. The molecule has 8 atom stereocenters. The van der Waals surface area contributed by atoms with E-state index in [9.17, 15) is 10.2 Å². The Morgan fingerprint density at radius 1 is 0.792 bits per heavy atom. The number of aliphatic hydroxyl groups is 2. The van der Waals surface area contributed by atoms with Crippen molar-refractivity contribution >= 4 is 0 Å². The summed E-state index contributed by atoms with van der Waals surface area (Å²) in [6.07, 6.45) is 10.9. The van der Waals surface area contributed by atoms with Gasteiger partial charge in [0.15, 0.2) is 0 Å². The lowest BCUT2D eigenvalue weighted by Gasteiger charge is -2.69. The van der Waals surface area contributed by atoms with Crippen molar-refractivity contribution in [3.8, 4) is 0 Å². The second-order valence-electron chi connectivity index (χ2n) is 10.7. The molecular formula is C22H36O2. The van der Waals surface area contributed by atoms with Crippen LogP contribution in [0.4, 0.5) is 0 Å². The number of fused-ring (bicyclic) bond motifs is 5. The number of aliphatic hydroxyl groups excluding tert-OH is 2. The Hall–Kier alpha value is -0.340. The van der Waals surface area contributed by atoms with E-state index in [0.29, 0.717) is 23.2 Å². The Kier molecular flexibility index (Phi) is 3.48. The van der Waals surface area contributed by atoms with E-state index < -0.39 is 0 Å². The molecule has 0 bridgehead atoms. The summed E-state index contributed by atoms with van der Waals surface area (Å²) in [6, 6.07) is 0. The van der Waals surface area contributed by atoms with Crippen LogP contribution in [-0.2, 0) is 0 Å². The van der Waals surface area contributed by atoms with Crippen LogP contribution < -0.4 is 0 Å². The standard InChI is InChI=1S/C22H36O2/c1-19(2)15-10-13-21(4)16(20(15,3)12-11-17(19)23)8-6-14-7-9-18(24)22(14,21)5/h7,9,14-18,23-24H,6,8,10-13H2,1-5H3/t14-,15+,16-,17+,18+,20+,21-,22+/m1/s1. The summed E-state index contributed by atoms with van der Waals surface area (Å²) in [5.74, 6) is 1.79. The van der Waals surface area contributed by atoms with Gasteiger partial charge in [0.05, 0.1) is 12.2 Å². The van der Waals surface area contributed by atoms with Crippen LogP contribution in [0.5, 0.6) is 0 Å². The molecule has 0 aromatic heterocycles. The van der Waals surface area contributed by atoms with Crippen molar-refractivity contribution in [3.63, 3.8) is 0 Å². The highest BCUT2D eigenvalue weighted by atomic mass is 16.3. The van der Waals surface area contributed by atoms with Gasteiger partial charge < -0.3 is 10.2 Å². The minimum Gasteiger partial charge on any atom is -0.393 e. The predicted octanol–water partition coefficient (Wildman–Crippen LogP) is 4.55. The SMILES string of the molecule is CC1(C)[C@@H](O)CC[C@]2(C)[C@H]3CC[C@@H]4C=C[C@H](O)[C@@]4(C)[C@]3(C)CC[C@@H]12. The fourth-order valence-electron chi connectivity index (χ4n) is 8.20. The highest BCUT2D eigenvalue weighted by Gasteiger charge is 2.68. The molecule has 0 aromatic carbocycles. The van der Waals surface area contributed by atoms with Crippen LogP contribution in [0.3, 0.4) is 0 Å². The van der Waals surface area contributed by atoms with Crippen LogP contribution in [0.1, 0.15) is 73.1 Å². The molecule has 2 N–H and O–H groups in total. The molecule has 24 heavy (non-hydrogen) atoms. The number of hydrogen-bond acceptors (Lipinski definition) is 2. The Labute approximate surface area is 147 Å². The lowest BCUT2D eigenvalue weighted by Crippen LogP contribution is -2.65. The molecule has 0 aromatic rings. The molecular weight excluding hydrogens is 296 g/mol. The van der Waals surface area contributed by atoms with Crippen molar-refractivity contribution < 1.29 is 10.2 Å². The first kappa shape index (κ1) is 17.1. The summed E-state index contributed by atoms with van der Waals surface area (Å²) >= 11 is 0. The molecule has 136 valence electrons. The van der Waals surface area contributed by atoms with Crippen LogP contribution >= 0.6 is 0 Å². The lowest BCUT2D eigenvalue weighted by atomic mass is 9.35. The molecule has 0 radical (unpaired) electrons. The summed E-state index contributed by atoms with van der Waals surface area (Å²) in [5, 5.41) is 21.5. The van der Waals surface area contributed by atoms with Gasteiger partial charge in [0.2, 0.25) is 0 Å². The monoisotopic (exact) mass is 332 g/mol. The normalized spacial score (nSPS) is 58.7. The molecule has 0 aliphatic heterocycles. The molecule has 3 fully saturated rings. The first-order chi connectivity index (χ1) is 11.1. The summed E-state index contributed by atoms with van der Waals surface area (Å²) in [7, 11) is 0. The van der Waals surface area contributed by atoms with Crippen LogP contribution in [0.2, 0.25) is 0 Å². The van der Waals surface area contributed by atoms with Crippen molar-refractivity contribution in [2.24, 2.45) is 39.4 Å². The topological polar surface area (TPSA) is 40.5 Å². The lowest BCUT2D eigenvalue weighted by molar-refractivity contribution is -0.231. The first-order valence-electron chi connectivity index (χ1n) is 10.1. The molecule has 2 heteroatoms. The van der Waals surface area contributed by atoms with Crippen molar-refractivity contribution in [2.45, 2.75) is 85.4 Å².